The van der Waals surface area contributed by atoms with Crippen molar-refractivity contribution in [2.75, 3.05) is 6.61 Å². The van der Waals surface area contributed by atoms with E-state index in [1.165, 1.54) is 31.4 Å². The summed E-state index contributed by atoms with van der Waals surface area (Å²) in [4.78, 5) is 41.6. The number of hydrogen-bond donors (Lipinski definition) is 0. The predicted octanol–water partition coefficient (Wildman–Crippen LogP) is 8.59. The van der Waals surface area contributed by atoms with E-state index in [1.54, 1.807) is 12.1 Å². The minimum Gasteiger partial charge on any atom is -0.490 e. The van der Waals surface area contributed by atoms with E-state index in [0.717, 1.165) is 59.4 Å². The molecule has 8 heteroatoms. The number of nitro benzene ring substituents is 1. The van der Waals surface area contributed by atoms with Gasteiger partial charge in [-0.05, 0) is 78.8 Å². The second-order valence-corrected chi connectivity index (χ2v) is 15.0. The minimum atomic E-state index is -0.444. The van der Waals surface area contributed by atoms with Crippen molar-refractivity contribution in [3.63, 3.8) is 0 Å². The summed E-state index contributed by atoms with van der Waals surface area (Å²) in [5.41, 5.74) is 5.20. The van der Waals surface area contributed by atoms with Gasteiger partial charge in [0, 0.05) is 59.5 Å². The molecule has 46 heavy (non-hydrogen) atoms. The summed E-state index contributed by atoms with van der Waals surface area (Å²) in [5, 5.41) is 11.1. The Morgan fingerprint density at radius 2 is 1.39 bits per heavy atom. The molecule has 0 N–H and O–H groups in total. The number of carbonyl (C=O) groups excluding carboxylic acids is 2. The number of nitrogens with zero attached hydrogens (tertiary/aromatic N) is 2. The number of allylic oxidation sites excluding steroid dienone is 4. The molecular weight excluding hydrogens is 580 g/mol. The molecule has 0 radical (unpaired) electrons. The summed E-state index contributed by atoms with van der Waals surface area (Å²) < 4.78 is 12.3. The van der Waals surface area contributed by atoms with Crippen LogP contribution in [0.4, 0.5) is 5.69 Å². The van der Waals surface area contributed by atoms with Crippen LogP contribution in [0, 0.1) is 20.9 Å². The quantitative estimate of drug-likeness (QED) is 0.214. The second kappa shape index (κ2) is 12.3. The summed E-state index contributed by atoms with van der Waals surface area (Å²) in [6, 6.07) is 12.4. The number of benzene rings is 2. The number of ether oxygens (including phenoxy) is 2. The summed E-state index contributed by atoms with van der Waals surface area (Å²) in [7, 11) is 0. The van der Waals surface area contributed by atoms with E-state index in [0.29, 0.717) is 37.0 Å². The maximum absolute atomic E-state index is 14.3. The van der Waals surface area contributed by atoms with Crippen LogP contribution in [0.1, 0.15) is 109 Å². The molecule has 0 amide bonds. The zero-order valence-electron chi connectivity index (χ0n) is 27.8. The van der Waals surface area contributed by atoms with E-state index < -0.39 is 10.8 Å². The van der Waals surface area contributed by atoms with Gasteiger partial charge in [0.2, 0.25) is 0 Å². The monoisotopic (exact) mass is 626 g/mol. The van der Waals surface area contributed by atoms with Crippen LogP contribution < -0.4 is 9.47 Å². The Bertz CT molecular complexity index is 1560. The third-order valence-electron chi connectivity index (χ3n) is 10.0. The maximum Gasteiger partial charge on any atom is 0.269 e. The molecule has 2 aromatic carbocycles. The van der Waals surface area contributed by atoms with Crippen molar-refractivity contribution >= 4 is 17.3 Å². The molecule has 6 rings (SSSR count). The third-order valence-corrected chi connectivity index (χ3v) is 10.0. The highest BCUT2D eigenvalue weighted by molar-refractivity contribution is 6.06. The van der Waals surface area contributed by atoms with Gasteiger partial charge in [-0.3, -0.25) is 19.7 Å². The Morgan fingerprint density at radius 1 is 0.804 bits per heavy atom. The normalized spacial score (nSPS) is 21.6. The van der Waals surface area contributed by atoms with Gasteiger partial charge in [0.25, 0.3) is 5.69 Å². The summed E-state index contributed by atoms with van der Waals surface area (Å²) in [6.07, 6.45) is 8.26. The van der Waals surface area contributed by atoms with Crippen LogP contribution in [0.2, 0.25) is 0 Å². The number of non-ortho nitro benzene ring substituents is 1. The Labute approximate surface area is 272 Å². The Balaban J connectivity index is 1.44. The average molecular weight is 627 g/mol. The molecule has 2 aromatic rings. The first kappa shape index (κ1) is 32.0. The van der Waals surface area contributed by atoms with E-state index >= 15 is 0 Å². The zero-order chi connectivity index (χ0) is 32.8. The lowest BCUT2D eigenvalue weighted by atomic mass is 9.63. The highest BCUT2D eigenvalue weighted by atomic mass is 16.6. The van der Waals surface area contributed by atoms with Crippen molar-refractivity contribution in [2.45, 2.75) is 111 Å². The molecule has 0 spiro atoms. The maximum atomic E-state index is 14.3. The number of Topliss-reactive ketones (excluding diaryl/α,β-unsaturated/α-hetero) is 2. The van der Waals surface area contributed by atoms with Crippen LogP contribution in [-0.2, 0) is 16.2 Å². The Kier molecular flexibility index (Phi) is 8.59. The molecule has 1 fully saturated rings. The van der Waals surface area contributed by atoms with Crippen molar-refractivity contribution < 1.29 is 24.0 Å². The molecule has 0 unspecified atom stereocenters. The van der Waals surface area contributed by atoms with Crippen LogP contribution in [0.15, 0.2) is 65.0 Å². The van der Waals surface area contributed by atoms with Crippen LogP contribution in [0.3, 0.4) is 0 Å². The summed E-state index contributed by atoms with van der Waals surface area (Å²) >= 11 is 0. The van der Waals surface area contributed by atoms with Gasteiger partial charge in [-0.15, -0.1) is 0 Å². The lowest BCUT2D eigenvalue weighted by molar-refractivity contribution is -0.384. The van der Waals surface area contributed by atoms with Gasteiger partial charge in [0.1, 0.15) is 6.61 Å². The highest BCUT2D eigenvalue weighted by Gasteiger charge is 2.50. The fourth-order valence-corrected chi connectivity index (χ4v) is 8.08. The second-order valence-electron chi connectivity index (χ2n) is 15.0. The van der Waals surface area contributed by atoms with Crippen LogP contribution >= 0.6 is 0 Å². The van der Waals surface area contributed by atoms with Crippen LogP contribution in [0.5, 0.6) is 11.5 Å². The fraction of sp³-hybridized carbons (Fsp3) is 0.526. The van der Waals surface area contributed by atoms with Gasteiger partial charge in [-0.2, -0.15) is 0 Å². The molecule has 3 aliphatic carbocycles. The van der Waals surface area contributed by atoms with Gasteiger partial charge in [-0.25, -0.2) is 0 Å². The summed E-state index contributed by atoms with van der Waals surface area (Å²) in [6.45, 7) is 11.3. The lowest BCUT2D eigenvalue weighted by Gasteiger charge is -2.52. The molecule has 244 valence electrons. The number of hydrogen-bond acceptors (Lipinski definition) is 7. The Morgan fingerprint density at radius 3 is 1.93 bits per heavy atom. The van der Waals surface area contributed by atoms with Gasteiger partial charge < -0.3 is 14.4 Å². The van der Waals surface area contributed by atoms with Gasteiger partial charge in [0.15, 0.2) is 23.1 Å². The molecule has 0 aromatic heterocycles. The average Bonchev–Trinajstić information content (AvgIpc) is 2.99. The predicted molar refractivity (Wildman–Crippen MR) is 177 cm³/mol. The molecule has 1 saturated carbocycles. The topological polar surface area (TPSA) is 99.0 Å². The number of rotatable bonds is 8. The lowest BCUT2D eigenvalue weighted by Crippen LogP contribution is -2.48. The SMILES string of the molecule is CCOc1cc(C2C3=C(CC(C)(C)CC3=O)N(C3CCCCC3)C3=C2C(=O)CC(C)(C)C3)ccc1OCc1ccc([N+](=O)[O-])cc1. The number of nitro groups is 1. The van der Waals surface area contributed by atoms with E-state index in [4.69, 9.17) is 9.47 Å². The van der Waals surface area contributed by atoms with Crippen LogP contribution in [-0.4, -0.2) is 34.0 Å². The molecule has 4 aliphatic rings. The molecule has 8 nitrogen and oxygen atoms in total. The fourth-order valence-electron chi connectivity index (χ4n) is 8.08. The number of carbonyl (C=O) groups is 2. The Hall–Kier alpha value is -3.94. The van der Waals surface area contributed by atoms with Gasteiger partial charge in [0.05, 0.1) is 11.5 Å². The van der Waals surface area contributed by atoms with E-state index in [2.05, 4.69) is 32.6 Å². The third kappa shape index (κ3) is 6.23. The van der Waals surface area contributed by atoms with E-state index in [9.17, 15) is 19.7 Å². The largest absolute Gasteiger partial charge is 0.490 e. The van der Waals surface area contributed by atoms with E-state index in [-0.39, 0.29) is 34.7 Å². The molecule has 0 bridgehead atoms. The highest BCUT2D eigenvalue weighted by Crippen LogP contribution is 2.56. The molecule has 1 aliphatic heterocycles. The van der Waals surface area contributed by atoms with Gasteiger partial charge >= 0.3 is 0 Å². The minimum absolute atomic E-state index is 0.0290. The molecule has 0 atom stereocenters. The summed E-state index contributed by atoms with van der Waals surface area (Å²) in [5.74, 6) is 0.919. The van der Waals surface area contributed by atoms with Crippen LogP contribution in [0.25, 0.3) is 0 Å². The number of ketones is 2. The first-order valence-corrected chi connectivity index (χ1v) is 16.8. The van der Waals surface area contributed by atoms with Crippen molar-refractivity contribution in [1.29, 1.82) is 0 Å². The smallest absolute Gasteiger partial charge is 0.269 e. The molecule has 1 heterocycles. The van der Waals surface area contributed by atoms with Crippen molar-refractivity contribution in [3.05, 3.63) is 86.2 Å². The van der Waals surface area contributed by atoms with Crippen molar-refractivity contribution in [1.82, 2.24) is 4.90 Å². The van der Waals surface area contributed by atoms with Crippen molar-refractivity contribution in [3.8, 4) is 11.5 Å². The van der Waals surface area contributed by atoms with Gasteiger partial charge in [-0.1, -0.05) is 53.0 Å². The molecular formula is C38H46N2O6. The molecule has 0 saturated heterocycles. The van der Waals surface area contributed by atoms with E-state index in [1.807, 2.05) is 25.1 Å². The first-order chi connectivity index (χ1) is 21.9. The zero-order valence-corrected chi connectivity index (χ0v) is 27.8. The first-order valence-electron chi connectivity index (χ1n) is 16.8. The standard InChI is InChI=1S/C38H46N2O6/c1-6-45-33-18-25(14-17-32(33)46-23-24-12-15-27(16-13-24)40(43)44)34-35-28(19-37(2,3)21-30(35)41)39(26-10-8-7-9-11-26)29-20-38(4,5)22-31(42)36(29)34/h12-18,26,34H,6-11,19-23H2,1-5H3. The van der Waals surface area contributed by atoms with Crippen molar-refractivity contribution in [2.24, 2.45) is 10.8 Å².